The molecule has 2 aliphatic heterocycles. The van der Waals surface area contributed by atoms with Gasteiger partial charge in [-0.3, -0.25) is 15.2 Å². The number of carbonyl (C=O) groups excluding carboxylic acids is 1. The zero-order valence-electron chi connectivity index (χ0n) is 18.4. The Balaban J connectivity index is 1.72. The Hall–Kier alpha value is -3.00. The van der Waals surface area contributed by atoms with E-state index in [0.717, 1.165) is 67.8 Å². The lowest BCUT2D eigenvalue weighted by Crippen LogP contribution is -2.41. The summed E-state index contributed by atoms with van der Waals surface area (Å²) >= 11 is 5.95. The number of halogens is 1. The van der Waals surface area contributed by atoms with Crippen LogP contribution in [0.25, 0.3) is 0 Å². The van der Waals surface area contributed by atoms with E-state index in [4.69, 9.17) is 28.5 Å². The summed E-state index contributed by atoms with van der Waals surface area (Å²) in [6.45, 7) is 3.16. The minimum absolute atomic E-state index is 0.0507. The molecular formula is C23H32ClN7O. The average molecular weight is 458 g/mol. The topological polar surface area (TPSA) is 133 Å². The van der Waals surface area contributed by atoms with Gasteiger partial charge in [0.2, 0.25) is 5.91 Å². The second-order valence-corrected chi connectivity index (χ2v) is 8.72. The van der Waals surface area contributed by atoms with Crippen molar-refractivity contribution in [1.82, 2.24) is 4.90 Å². The molecule has 0 aliphatic carbocycles. The molecule has 2 aliphatic rings. The van der Waals surface area contributed by atoms with Crippen molar-refractivity contribution in [2.24, 2.45) is 22.4 Å². The predicted octanol–water partition coefficient (Wildman–Crippen LogP) is 3.36. The molecule has 1 aromatic carbocycles. The number of allylic oxidation sites excluding steroid dienone is 1. The van der Waals surface area contributed by atoms with Crippen LogP contribution in [-0.2, 0) is 11.2 Å². The van der Waals surface area contributed by atoms with Gasteiger partial charge in [0.1, 0.15) is 5.84 Å². The lowest BCUT2D eigenvalue weighted by Gasteiger charge is -2.33. The first kappa shape index (κ1) is 23.7. The molecule has 32 heavy (non-hydrogen) atoms. The summed E-state index contributed by atoms with van der Waals surface area (Å²) in [5.41, 5.74) is 15.2. The van der Waals surface area contributed by atoms with Crippen LogP contribution in [0.2, 0.25) is 0 Å². The maximum Gasteiger partial charge on any atom is 0.219 e. The molecule has 172 valence electrons. The van der Waals surface area contributed by atoms with E-state index in [1.807, 2.05) is 29.3 Å². The molecule has 3 rings (SSSR count). The zero-order valence-corrected chi connectivity index (χ0v) is 19.2. The summed E-state index contributed by atoms with van der Waals surface area (Å²) in [5, 5.41) is 14.9. The normalized spacial score (nSPS) is 19.4. The summed E-state index contributed by atoms with van der Waals surface area (Å²) in [6, 6.07) is 6.31. The van der Waals surface area contributed by atoms with E-state index >= 15 is 0 Å². The lowest BCUT2D eigenvalue weighted by atomic mass is 9.94. The van der Waals surface area contributed by atoms with Crippen molar-refractivity contribution in [3.63, 3.8) is 0 Å². The number of likely N-dealkylation sites (tertiary alicyclic amines) is 1. The number of carbonyl (C=O) groups is 1. The number of amidine groups is 1. The largest absolute Gasteiger partial charge is 0.403 e. The smallest absolute Gasteiger partial charge is 0.219 e. The van der Waals surface area contributed by atoms with Crippen LogP contribution in [0.15, 0.2) is 46.3 Å². The molecule has 0 spiro atoms. The molecule has 1 unspecified atom stereocenters. The number of aryl methyl sites for hydroxylation is 1. The fourth-order valence-corrected chi connectivity index (χ4v) is 4.10. The second-order valence-electron chi connectivity index (χ2n) is 8.32. The van der Waals surface area contributed by atoms with Crippen LogP contribution in [0.4, 0.5) is 11.4 Å². The van der Waals surface area contributed by atoms with Gasteiger partial charge in [0.05, 0.1) is 5.03 Å². The number of aliphatic imine (C=N–C) groups is 1. The van der Waals surface area contributed by atoms with Crippen molar-refractivity contribution in [2.45, 2.75) is 45.1 Å². The predicted molar refractivity (Wildman–Crippen MR) is 132 cm³/mol. The molecule has 9 heteroatoms. The quantitative estimate of drug-likeness (QED) is 0.316. The van der Waals surface area contributed by atoms with E-state index in [2.05, 4.69) is 15.6 Å². The summed E-state index contributed by atoms with van der Waals surface area (Å²) in [7, 11) is 0. The summed E-state index contributed by atoms with van der Waals surface area (Å²) in [5.74, 6) is 0.487. The number of rotatable bonds is 7. The minimum atomic E-state index is 0.0507. The van der Waals surface area contributed by atoms with Crippen LogP contribution in [0, 0.1) is 11.3 Å². The Morgan fingerprint density at radius 3 is 2.78 bits per heavy atom. The number of benzene rings is 1. The van der Waals surface area contributed by atoms with Crippen LogP contribution in [0.1, 0.15) is 38.2 Å². The van der Waals surface area contributed by atoms with Crippen molar-refractivity contribution in [3.05, 3.63) is 46.9 Å². The molecule has 2 heterocycles. The van der Waals surface area contributed by atoms with Gasteiger partial charge in [0, 0.05) is 67.7 Å². The molecule has 1 fully saturated rings. The van der Waals surface area contributed by atoms with E-state index < -0.39 is 0 Å². The monoisotopic (exact) mass is 457 g/mol. The number of amides is 1. The molecule has 1 saturated heterocycles. The first-order valence-corrected chi connectivity index (χ1v) is 11.3. The van der Waals surface area contributed by atoms with Gasteiger partial charge >= 0.3 is 0 Å². The molecule has 7 N–H and O–H groups in total. The van der Waals surface area contributed by atoms with Crippen LogP contribution >= 0.6 is 11.6 Å². The number of piperidine rings is 1. The molecule has 1 aromatic rings. The first-order valence-electron chi connectivity index (χ1n) is 10.9. The van der Waals surface area contributed by atoms with Gasteiger partial charge in [0.25, 0.3) is 0 Å². The summed E-state index contributed by atoms with van der Waals surface area (Å²) in [4.78, 5) is 17.7. The van der Waals surface area contributed by atoms with Gasteiger partial charge in [-0.05, 0) is 55.9 Å². The van der Waals surface area contributed by atoms with Gasteiger partial charge in [-0.1, -0.05) is 11.6 Å². The third-order valence-electron chi connectivity index (χ3n) is 5.88. The fraction of sp³-hybridized carbons (Fsp3) is 0.435. The Morgan fingerprint density at radius 1 is 1.38 bits per heavy atom. The van der Waals surface area contributed by atoms with Crippen LogP contribution in [0.5, 0.6) is 0 Å². The van der Waals surface area contributed by atoms with Crippen LogP contribution in [-0.4, -0.2) is 42.0 Å². The van der Waals surface area contributed by atoms with E-state index in [1.54, 1.807) is 13.1 Å². The molecule has 8 nitrogen and oxygen atoms in total. The zero-order chi connectivity index (χ0) is 23.1. The molecule has 0 saturated carbocycles. The highest BCUT2D eigenvalue weighted by atomic mass is 35.5. The van der Waals surface area contributed by atoms with Crippen molar-refractivity contribution in [3.8, 4) is 0 Å². The van der Waals surface area contributed by atoms with Gasteiger partial charge < -0.3 is 27.0 Å². The standard InChI is InChI=1S/C23H32ClN7O/c1-15(32)31-8-6-19(7-9-31)29-22-5-4-20(30-23(27)21(24)12-25)11-17(22)3-2-16-10-18(26)14-28-13-16/h4-5,11-14,16,19,29H,2-3,6-10,25-26H2,1H3,(H2,27,30)/b21-12+. The van der Waals surface area contributed by atoms with Gasteiger partial charge in [-0.15, -0.1) is 0 Å². The van der Waals surface area contributed by atoms with Crippen LogP contribution < -0.4 is 22.1 Å². The summed E-state index contributed by atoms with van der Waals surface area (Å²) < 4.78 is 0. The molecule has 1 amide bonds. The molecular weight excluding hydrogens is 426 g/mol. The highest BCUT2D eigenvalue weighted by Crippen LogP contribution is 2.27. The number of hydrogen-bond acceptors (Lipinski definition) is 6. The maximum absolute atomic E-state index is 11.6. The van der Waals surface area contributed by atoms with Gasteiger partial charge in [0.15, 0.2) is 0 Å². The maximum atomic E-state index is 11.6. The Kier molecular flexibility index (Phi) is 8.16. The Labute approximate surface area is 194 Å². The summed E-state index contributed by atoms with van der Waals surface area (Å²) in [6.07, 6.45) is 9.26. The van der Waals surface area contributed by atoms with Crippen molar-refractivity contribution in [1.29, 1.82) is 5.41 Å². The third kappa shape index (κ3) is 6.50. The SMILES string of the molecule is CC(=O)N1CCC(Nc2ccc(NC(=N)/C(Cl)=C\N)cc2CCC2C=NC=C(N)C2)CC1. The van der Waals surface area contributed by atoms with Crippen LogP contribution in [0.3, 0.4) is 0 Å². The first-order chi connectivity index (χ1) is 15.4. The van der Waals surface area contributed by atoms with Crippen molar-refractivity contribution >= 4 is 40.9 Å². The molecule has 0 radical (unpaired) electrons. The van der Waals surface area contributed by atoms with E-state index in [0.29, 0.717) is 12.0 Å². The van der Waals surface area contributed by atoms with Gasteiger partial charge in [-0.2, -0.15) is 0 Å². The molecule has 0 bridgehead atoms. The van der Waals surface area contributed by atoms with E-state index in [1.165, 1.54) is 6.20 Å². The van der Waals surface area contributed by atoms with E-state index in [9.17, 15) is 4.79 Å². The number of anilines is 2. The lowest BCUT2D eigenvalue weighted by molar-refractivity contribution is -0.129. The van der Waals surface area contributed by atoms with Crippen molar-refractivity contribution in [2.75, 3.05) is 23.7 Å². The Morgan fingerprint density at radius 2 is 2.12 bits per heavy atom. The Bertz CT molecular complexity index is 932. The third-order valence-corrected chi connectivity index (χ3v) is 6.19. The average Bonchev–Trinajstić information content (AvgIpc) is 2.78. The molecule has 0 aromatic heterocycles. The number of nitrogens with one attached hydrogen (secondary N) is 3. The second kappa shape index (κ2) is 11.0. The van der Waals surface area contributed by atoms with Crippen molar-refractivity contribution < 1.29 is 4.79 Å². The van der Waals surface area contributed by atoms with E-state index in [-0.39, 0.29) is 16.8 Å². The highest BCUT2D eigenvalue weighted by Gasteiger charge is 2.21. The minimum Gasteiger partial charge on any atom is -0.403 e. The van der Waals surface area contributed by atoms with Gasteiger partial charge in [-0.25, -0.2) is 0 Å². The molecule has 1 atom stereocenters. The highest BCUT2D eigenvalue weighted by molar-refractivity contribution is 6.44. The number of nitrogens with two attached hydrogens (primary N) is 2. The number of nitrogens with zero attached hydrogens (tertiary/aromatic N) is 2. The fourth-order valence-electron chi connectivity index (χ4n) is 4.05. The number of hydrogen-bond donors (Lipinski definition) is 5.